The highest BCUT2D eigenvalue weighted by atomic mass is 28.1. The normalized spacial score (nSPS) is 30.5. The molecule has 3 heteroatoms. The van der Waals surface area contributed by atoms with E-state index in [2.05, 4.69) is 0 Å². The summed E-state index contributed by atoms with van der Waals surface area (Å²) < 4.78 is 0. The first-order valence-corrected chi connectivity index (χ1v) is 5.62. The lowest BCUT2D eigenvalue weighted by molar-refractivity contribution is 0.0245. The second kappa shape index (κ2) is 3.69. The molecule has 2 N–H and O–H groups in total. The Hall–Kier alpha value is 0.137. The van der Waals surface area contributed by atoms with Crippen molar-refractivity contribution in [3.63, 3.8) is 0 Å². The molecular weight excluding hydrogens is 156 g/mol. The zero-order valence-corrected chi connectivity index (χ0v) is 9.21. The van der Waals surface area contributed by atoms with Crippen molar-refractivity contribution in [1.82, 2.24) is 0 Å². The van der Waals surface area contributed by atoms with Crippen LogP contribution in [0.2, 0.25) is 5.54 Å². The third-order valence-electron chi connectivity index (χ3n) is 3.24. The smallest absolute Gasteiger partial charge is 0.0509 e. The summed E-state index contributed by atoms with van der Waals surface area (Å²) in [6, 6.07) is 0. The lowest BCUT2D eigenvalue weighted by Crippen LogP contribution is -2.37. The fourth-order valence-electron chi connectivity index (χ4n) is 2.00. The summed E-state index contributed by atoms with van der Waals surface area (Å²) in [5.74, 6) is 0. The molecular formula is C8H18O2Si. The molecule has 1 saturated carbocycles. The Labute approximate surface area is 71.0 Å². The van der Waals surface area contributed by atoms with Crippen LogP contribution >= 0.6 is 0 Å². The van der Waals surface area contributed by atoms with Crippen molar-refractivity contribution in [2.45, 2.75) is 31.2 Å². The summed E-state index contributed by atoms with van der Waals surface area (Å²) in [6.45, 7) is 0.356. The van der Waals surface area contributed by atoms with E-state index in [1.54, 1.807) is 0 Å². The van der Waals surface area contributed by atoms with Gasteiger partial charge in [-0.25, -0.2) is 0 Å². The highest BCUT2D eigenvalue weighted by Gasteiger charge is 2.36. The molecule has 2 nitrogen and oxygen atoms in total. The maximum Gasteiger partial charge on any atom is 0.0509 e. The van der Waals surface area contributed by atoms with Crippen LogP contribution < -0.4 is 0 Å². The van der Waals surface area contributed by atoms with Gasteiger partial charge in [-0.15, -0.1) is 0 Å². The Morgan fingerprint density at radius 2 is 1.91 bits per heavy atom. The fourth-order valence-corrected chi connectivity index (χ4v) is 3.06. The van der Waals surface area contributed by atoms with Gasteiger partial charge in [0.15, 0.2) is 0 Å². The largest absolute Gasteiger partial charge is 0.396 e. The average Bonchev–Trinajstić information content (AvgIpc) is 2.06. The molecule has 0 bridgehead atoms. The van der Waals surface area contributed by atoms with Gasteiger partial charge in [0.05, 0.1) is 13.2 Å². The Bertz CT molecular complexity index is 123. The lowest BCUT2D eigenvalue weighted by Gasteiger charge is -2.39. The van der Waals surface area contributed by atoms with Gasteiger partial charge >= 0.3 is 0 Å². The minimum Gasteiger partial charge on any atom is -0.396 e. The highest BCUT2D eigenvalue weighted by Crippen LogP contribution is 2.42. The molecule has 1 unspecified atom stereocenters. The van der Waals surface area contributed by atoms with E-state index in [-0.39, 0.29) is 18.6 Å². The Morgan fingerprint density at radius 3 is 2.27 bits per heavy atom. The van der Waals surface area contributed by atoms with Crippen molar-refractivity contribution in [3.8, 4) is 0 Å². The third-order valence-corrected chi connectivity index (χ3v) is 5.04. The van der Waals surface area contributed by atoms with Crippen LogP contribution in [0.25, 0.3) is 0 Å². The Kier molecular flexibility index (Phi) is 3.10. The molecule has 0 aliphatic heterocycles. The molecule has 66 valence electrons. The van der Waals surface area contributed by atoms with Gasteiger partial charge in [0, 0.05) is 15.7 Å². The summed E-state index contributed by atoms with van der Waals surface area (Å²) >= 11 is 0. The fraction of sp³-hybridized carbons (Fsp3) is 1.00. The number of hydrogen-bond donors (Lipinski definition) is 2. The molecule has 0 aromatic rings. The van der Waals surface area contributed by atoms with Crippen molar-refractivity contribution in [3.05, 3.63) is 0 Å². The molecule has 0 saturated heterocycles. The molecule has 0 spiro atoms. The van der Waals surface area contributed by atoms with Crippen LogP contribution in [0, 0.1) is 5.41 Å². The SMILES string of the molecule is OCC1(CO)CCCCC1[SiH3]. The van der Waals surface area contributed by atoms with Crippen LogP contribution in [0.3, 0.4) is 0 Å². The lowest BCUT2D eigenvalue weighted by atomic mass is 9.75. The van der Waals surface area contributed by atoms with E-state index in [1.807, 2.05) is 0 Å². The van der Waals surface area contributed by atoms with E-state index in [9.17, 15) is 10.2 Å². The number of hydrogen-bond acceptors (Lipinski definition) is 2. The predicted molar refractivity (Wildman–Crippen MR) is 48.8 cm³/mol. The van der Waals surface area contributed by atoms with E-state index in [0.717, 1.165) is 16.7 Å². The van der Waals surface area contributed by atoms with Gasteiger partial charge in [-0.1, -0.05) is 19.3 Å². The zero-order valence-electron chi connectivity index (χ0n) is 7.21. The molecule has 1 aliphatic rings. The molecule has 0 heterocycles. The predicted octanol–water partition coefficient (Wildman–Crippen LogP) is -0.315. The minimum atomic E-state index is -0.107. The van der Waals surface area contributed by atoms with Gasteiger partial charge in [-0.2, -0.15) is 0 Å². The van der Waals surface area contributed by atoms with E-state index in [0.29, 0.717) is 5.54 Å². The first-order valence-electron chi connectivity index (χ1n) is 4.47. The van der Waals surface area contributed by atoms with Crippen molar-refractivity contribution >= 4 is 10.2 Å². The second-order valence-corrected chi connectivity index (χ2v) is 5.22. The van der Waals surface area contributed by atoms with Gasteiger partial charge in [0.25, 0.3) is 0 Å². The van der Waals surface area contributed by atoms with Gasteiger partial charge in [-0.05, 0) is 12.0 Å². The van der Waals surface area contributed by atoms with E-state index in [1.165, 1.54) is 19.3 Å². The van der Waals surface area contributed by atoms with Gasteiger partial charge < -0.3 is 10.2 Å². The molecule has 1 aliphatic carbocycles. The number of aliphatic hydroxyl groups is 2. The van der Waals surface area contributed by atoms with Gasteiger partial charge in [-0.3, -0.25) is 0 Å². The van der Waals surface area contributed by atoms with Crippen molar-refractivity contribution in [2.75, 3.05) is 13.2 Å². The molecule has 1 fully saturated rings. The first kappa shape index (κ1) is 9.23. The van der Waals surface area contributed by atoms with Crippen LogP contribution in [-0.4, -0.2) is 33.7 Å². The quantitative estimate of drug-likeness (QED) is 0.564. The van der Waals surface area contributed by atoms with Crippen molar-refractivity contribution < 1.29 is 10.2 Å². The van der Waals surface area contributed by atoms with Crippen LogP contribution in [0.1, 0.15) is 25.7 Å². The topological polar surface area (TPSA) is 40.5 Å². The minimum absolute atomic E-state index is 0.107. The summed E-state index contributed by atoms with van der Waals surface area (Å²) in [5, 5.41) is 18.3. The number of aliphatic hydroxyl groups excluding tert-OH is 2. The van der Waals surface area contributed by atoms with Gasteiger partial charge in [0.2, 0.25) is 0 Å². The summed E-state index contributed by atoms with van der Waals surface area (Å²) in [7, 11) is 1.11. The van der Waals surface area contributed by atoms with Crippen molar-refractivity contribution in [1.29, 1.82) is 0 Å². The standard InChI is InChI=1S/C8H18O2Si/c9-5-8(6-10)4-2-1-3-7(8)11/h7,9-10H,1-6H2,11H3. The second-order valence-electron chi connectivity index (χ2n) is 3.83. The maximum absolute atomic E-state index is 9.17. The summed E-state index contributed by atoms with van der Waals surface area (Å²) in [6.07, 6.45) is 4.71. The molecule has 0 radical (unpaired) electrons. The summed E-state index contributed by atoms with van der Waals surface area (Å²) in [5.41, 5.74) is 0.510. The third kappa shape index (κ3) is 1.66. The molecule has 1 rings (SSSR count). The Morgan fingerprint density at radius 1 is 1.27 bits per heavy atom. The maximum atomic E-state index is 9.17. The monoisotopic (exact) mass is 174 g/mol. The Balaban J connectivity index is 2.61. The highest BCUT2D eigenvalue weighted by molar-refractivity contribution is 6.12. The average molecular weight is 174 g/mol. The van der Waals surface area contributed by atoms with E-state index >= 15 is 0 Å². The van der Waals surface area contributed by atoms with Crippen LogP contribution in [0.4, 0.5) is 0 Å². The van der Waals surface area contributed by atoms with E-state index < -0.39 is 0 Å². The molecule has 0 aromatic carbocycles. The molecule has 11 heavy (non-hydrogen) atoms. The van der Waals surface area contributed by atoms with E-state index in [4.69, 9.17) is 0 Å². The van der Waals surface area contributed by atoms with Crippen molar-refractivity contribution in [2.24, 2.45) is 5.41 Å². The number of rotatable bonds is 2. The molecule has 0 amide bonds. The first-order chi connectivity index (χ1) is 5.25. The zero-order chi connectivity index (χ0) is 8.32. The van der Waals surface area contributed by atoms with Crippen LogP contribution in [-0.2, 0) is 0 Å². The molecule has 1 atom stereocenters. The van der Waals surface area contributed by atoms with Crippen LogP contribution in [0.15, 0.2) is 0 Å². The summed E-state index contributed by atoms with van der Waals surface area (Å²) in [4.78, 5) is 0. The van der Waals surface area contributed by atoms with Crippen LogP contribution in [0.5, 0.6) is 0 Å². The molecule has 0 aromatic heterocycles. The van der Waals surface area contributed by atoms with Gasteiger partial charge in [0.1, 0.15) is 0 Å².